The van der Waals surface area contributed by atoms with Crippen LogP contribution in [0.25, 0.3) is 0 Å². The van der Waals surface area contributed by atoms with E-state index >= 15 is 0 Å². The minimum absolute atomic E-state index is 0.0217. The second-order valence-electron chi connectivity index (χ2n) is 5.35. The highest BCUT2D eigenvalue weighted by Gasteiger charge is 2.22. The van der Waals surface area contributed by atoms with Gasteiger partial charge in [0.2, 0.25) is 5.91 Å². The third kappa shape index (κ3) is 3.47. The Balaban J connectivity index is 2.13. The van der Waals surface area contributed by atoms with Crippen LogP contribution < -0.4 is 4.74 Å². The summed E-state index contributed by atoms with van der Waals surface area (Å²) in [6, 6.07) is 7.65. The lowest BCUT2D eigenvalue weighted by molar-refractivity contribution is -0.131. The standard InChI is InChI=1S/C17H22N2O2S/c1-11-17(22-13(3)18-11)12(2)19(4)16(20)10-14-8-6-7-9-15(14)21-5/h6-9,12H,10H2,1-5H3/t12-/m0/s1. The first kappa shape index (κ1) is 16.5. The Morgan fingerprint density at radius 3 is 2.64 bits per heavy atom. The van der Waals surface area contributed by atoms with Crippen molar-refractivity contribution in [3.8, 4) is 5.75 Å². The van der Waals surface area contributed by atoms with Crippen molar-refractivity contribution in [1.29, 1.82) is 0 Å². The molecule has 5 heteroatoms. The molecule has 0 aliphatic heterocycles. The Bertz CT molecular complexity index is 666. The zero-order chi connectivity index (χ0) is 16.3. The molecule has 1 amide bonds. The van der Waals surface area contributed by atoms with E-state index in [-0.39, 0.29) is 11.9 Å². The number of thiazole rings is 1. The molecular formula is C17H22N2O2S. The van der Waals surface area contributed by atoms with Gasteiger partial charge in [0, 0.05) is 17.5 Å². The molecule has 1 aromatic heterocycles. The van der Waals surface area contributed by atoms with Gasteiger partial charge in [-0.05, 0) is 26.8 Å². The molecule has 1 atom stereocenters. The van der Waals surface area contributed by atoms with Crippen LogP contribution >= 0.6 is 11.3 Å². The van der Waals surface area contributed by atoms with E-state index in [4.69, 9.17) is 4.74 Å². The number of nitrogens with zero attached hydrogens (tertiary/aromatic N) is 2. The van der Waals surface area contributed by atoms with Crippen LogP contribution in [0.5, 0.6) is 5.75 Å². The van der Waals surface area contributed by atoms with Gasteiger partial charge in [0.1, 0.15) is 5.75 Å². The average molecular weight is 318 g/mol. The third-order valence-corrected chi connectivity index (χ3v) is 5.07. The number of carbonyl (C=O) groups is 1. The van der Waals surface area contributed by atoms with Crippen LogP contribution in [0.2, 0.25) is 0 Å². The number of para-hydroxylation sites is 1. The zero-order valence-corrected chi connectivity index (χ0v) is 14.5. The highest BCUT2D eigenvalue weighted by atomic mass is 32.1. The highest BCUT2D eigenvalue weighted by molar-refractivity contribution is 7.11. The van der Waals surface area contributed by atoms with E-state index in [0.717, 1.165) is 26.9 Å². The van der Waals surface area contributed by atoms with Crippen LogP contribution in [0.1, 0.15) is 34.1 Å². The fraction of sp³-hybridized carbons (Fsp3) is 0.412. The van der Waals surface area contributed by atoms with Gasteiger partial charge in [0.05, 0.1) is 30.3 Å². The summed E-state index contributed by atoms with van der Waals surface area (Å²) in [5, 5.41) is 1.03. The molecule has 1 heterocycles. The van der Waals surface area contributed by atoms with Gasteiger partial charge < -0.3 is 9.64 Å². The van der Waals surface area contributed by atoms with Gasteiger partial charge in [-0.2, -0.15) is 0 Å². The average Bonchev–Trinajstić information content (AvgIpc) is 2.84. The van der Waals surface area contributed by atoms with Gasteiger partial charge >= 0.3 is 0 Å². The summed E-state index contributed by atoms with van der Waals surface area (Å²) in [5.74, 6) is 0.823. The molecule has 0 bridgehead atoms. The number of methoxy groups -OCH3 is 1. The minimum atomic E-state index is 0.0217. The van der Waals surface area contributed by atoms with Gasteiger partial charge in [0.15, 0.2) is 0 Å². The summed E-state index contributed by atoms with van der Waals surface area (Å²) in [6.45, 7) is 6.03. The number of hydrogen-bond donors (Lipinski definition) is 0. The second-order valence-corrected chi connectivity index (χ2v) is 6.59. The summed E-state index contributed by atoms with van der Waals surface area (Å²) < 4.78 is 5.31. The van der Waals surface area contributed by atoms with E-state index in [1.165, 1.54) is 0 Å². The minimum Gasteiger partial charge on any atom is -0.496 e. The van der Waals surface area contributed by atoms with Gasteiger partial charge in [-0.3, -0.25) is 4.79 Å². The van der Waals surface area contributed by atoms with E-state index in [1.54, 1.807) is 23.3 Å². The van der Waals surface area contributed by atoms with Crippen molar-refractivity contribution in [3.63, 3.8) is 0 Å². The number of aromatic nitrogens is 1. The second kappa shape index (κ2) is 6.92. The highest BCUT2D eigenvalue weighted by Crippen LogP contribution is 2.29. The number of ether oxygens (including phenoxy) is 1. The number of benzene rings is 1. The van der Waals surface area contributed by atoms with Crippen molar-refractivity contribution in [1.82, 2.24) is 9.88 Å². The molecule has 0 unspecified atom stereocenters. The molecule has 2 rings (SSSR count). The lowest BCUT2D eigenvalue weighted by Gasteiger charge is -2.25. The summed E-state index contributed by atoms with van der Waals surface area (Å²) in [4.78, 5) is 19.9. The molecule has 2 aromatic rings. The largest absolute Gasteiger partial charge is 0.496 e. The molecule has 0 saturated carbocycles. The Kier molecular flexibility index (Phi) is 5.19. The maximum Gasteiger partial charge on any atom is 0.227 e. The Labute approximate surface area is 135 Å². The molecular weight excluding hydrogens is 296 g/mol. The molecule has 0 aliphatic rings. The number of rotatable bonds is 5. The maximum atomic E-state index is 12.6. The molecule has 0 saturated heterocycles. The fourth-order valence-corrected chi connectivity index (χ4v) is 3.49. The van der Waals surface area contributed by atoms with Crippen LogP contribution in [0.15, 0.2) is 24.3 Å². The molecule has 0 N–H and O–H groups in total. The van der Waals surface area contributed by atoms with Crippen molar-refractivity contribution in [2.24, 2.45) is 0 Å². The first-order valence-corrected chi connectivity index (χ1v) is 8.07. The lowest BCUT2D eigenvalue weighted by Crippen LogP contribution is -2.31. The molecule has 1 aromatic carbocycles. The zero-order valence-electron chi connectivity index (χ0n) is 13.7. The molecule has 118 valence electrons. The first-order valence-electron chi connectivity index (χ1n) is 7.25. The van der Waals surface area contributed by atoms with Crippen molar-refractivity contribution < 1.29 is 9.53 Å². The molecule has 0 fully saturated rings. The van der Waals surface area contributed by atoms with Crippen molar-refractivity contribution in [2.75, 3.05) is 14.2 Å². The predicted octanol–water partition coefficient (Wildman–Crippen LogP) is 3.53. The summed E-state index contributed by atoms with van der Waals surface area (Å²) in [7, 11) is 3.47. The van der Waals surface area contributed by atoms with Crippen molar-refractivity contribution >= 4 is 17.2 Å². The Hall–Kier alpha value is -1.88. The number of carbonyl (C=O) groups excluding carboxylic acids is 1. The topological polar surface area (TPSA) is 42.4 Å². The van der Waals surface area contributed by atoms with Crippen molar-refractivity contribution in [3.05, 3.63) is 45.4 Å². The molecule has 0 radical (unpaired) electrons. The Morgan fingerprint density at radius 2 is 2.05 bits per heavy atom. The van der Waals surface area contributed by atoms with Gasteiger partial charge in [-0.15, -0.1) is 11.3 Å². The molecule has 0 spiro atoms. The van der Waals surface area contributed by atoms with E-state index in [1.807, 2.05) is 52.1 Å². The third-order valence-electron chi connectivity index (χ3n) is 3.83. The quantitative estimate of drug-likeness (QED) is 0.847. The Morgan fingerprint density at radius 1 is 1.36 bits per heavy atom. The molecule has 0 aliphatic carbocycles. The van der Waals surface area contributed by atoms with Gasteiger partial charge in [-0.25, -0.2) is 4.98 Å². The van der Waals surface area contributed by atoms with Crippen LogP contribution in [0.3, 0.4) is 0 Å². The summed E-state index contributed by atoms with van der Waals surface area (Å²) in [6.07, 6.45) is 0.335. The first-order chi connectivity index (χ1) is 10.4. The summed E-state index contributed by atoms with van der Waals surface area (Å²) in [5.41, 5.74) is 1.91. The lowest BCUT2D eigenvalue weighted by atomic mass is 10.1. The van der Waals surface area contributed by atoms with Crippen LogP contribution in [-0.2, 0) is 11.2 Å². The van der Waals surface area contributed by atoms with Crippen LogP contribution in [0.4, 0.5) is 0 Å². The van der Waals surface area contributed by atoms with Crippen molar-refractivity contribution in [2.45, 2.75) is 33.2 Å². The maximum absolute atomic E-state index is 12.6. The van der Waals surface area contributed by atoms with Gasteiger partial charge in [-0.1, -0.05) is 18.2 Å². The number of likely N-dealkylation sites (N-methyl/N-ethyl adjacent to an activating group) is 1. The smallest absolute Gasteiger partial charge is 0.227 e. The van der Waals surface area contributed by atoms with E-state index in [9.17, 15) is 4.79 Å². The number of hydrogen-bond acceptors (Lipinski definition) is 4. The van der Waals surface area contributed by atoms with Gasteiger partial charge in [0.25, 0.3) is 0 Å². The fourth-order valence-electron chi connectivity index (χ4n) is 2.46. The molecule has 4 nitrogen and oxygen atoms in total. The van der Waals surface area contributed by atoms with Crippen LogP contribution in [0, 0.1) is 13.8 Å². The SMILES string of the molecule is COc1ccccc1CC(=O)N(C)[C@@H](C)c1sc(C)nc1C. The number of amides is 1. The van der Waals surface area contributed by atoms with Crippen LogP contribution in [-0.4, -0.2) is 29.9 Å². The van der Waals surface area contributed by atoms with E-state index in [0.29, 0.717) is 6.42 Å². The van der Waals surface area contributed by atoms with E-state index in [2.05, 4.69) is 4.98 Å². The predicted molar refractivity (Wildman–Crippen MR) is 89.5 cm³/mol. The normalized spacial score (nSPS) is 12.0. The molecule has 22 heavy (non-hydrogen) atoms. The summed E-state index contributed by atoms with van der Waals surface area (Å²) >= 11 is 1.65. The van der Waals surface area contributed by atoms with E-state index < -0.39 is 0 Å². The monoisotopic (exact) mass is 318 g/mol. The number of aryl methyl sites for hydroxylation is 2.